The molecule has 2 unspecified atom stereocenters. The fourth-order valence-corrected chi connectivity index (χ4v) is 2.69. The molecule has 2 N–H and O–H groups in total. The van der Waals surface area contributed by atoms with Gasteiger partial charge in [-0.3, -0.25) is 0 Å². The number of hydrogen-bond donors (Lipinski definition) is 2. The summed E-state index contributed by atoms with van der Waals surface area (Å²) in [6, 6.07) is 0. The minimum Gasteiger partial charge on any atom is -0.396 e. The summed E-state index contributed by atoms with van der Waals surface area (Å²) in [6.45, 7) is 2.58. The third-order valence-corrected chi connectivity index (χ3v) is 3.53. The summed E-state index contributed by atoms with van der Waals surface area (Å²) in [7, 11) is 0. The van der Waals surface area contributed by atoms with E-state index in [-0.39, 0.29) is 5.41 Å². The highest BCUT2D eigenvalue weighted by molar-refractivity contribution is 4.96. The first kappa shape index (κ1) is 7.56. The molecule has 2 nitrogen and oxygen atoms in total. The van der Waals surface area contributed by atoms with Crippen LogP contribution in [0.4, 0.5) is 0 Å². The van der Waals surface area contributed by atoms with E-state index in [1.165, 1.54) is 25.7 Å². The molecule has 1 aliphatic heterocycles. The maximum Gasteiger partial charge on any atom is 0.0502 e. The molecule has 0 spiro atoms. The molecule has 0 aromatic heterocycles. The molecular formula is C9H17NO. The molecule has 0 amide bonds. The van der Waals surface area contributed by atoms with Gasteiger partial charge in [-0.05, 0) is 25.3 Å². The molecule has 1 heterocycles. The summed E-state index contributed by atoms with van der Waals surface area (Å²) in [6.07, 6.45) is 5.25. The minimum atomic E-state index is 0.276. The van der Waals surface area contributed by atoms with Crippen LogP contribution in [0.1, 0.15) is 25.7 Å². The first-order valence-corrected chi connectivity index (χ1v) is 4.69. The molecule has 2 fully saturated rings. The molecule has 2 heteroatoms. The van der Waals surface area contributed by atoms with Crippen LogP contribution in [0.5, 0.6) is 0 Å². The van der Waals surface area contributed by atoms with Crippen molar-refractivity contribution < 1.29 is 5.11 Å². The second kappa shape index (κ2) is 2.76. The predicted octanol–water partition coefficient (Wildman–Crippen LogP) is 0.758. The van der Waals surface area contributed by atoms with E-state index in [1.54, 1.807) is 0 Å². The number of aliphatic hydroxyl groups is 1. The highest BCUT2D eigenvalue weighted by atomic mass is 16.3. The largest absolute Gasteiger partial charge is 0.396 e. The highest BCUT2D eigenvalue weighted by Crippen LogP contribution is 2.42. The van der Waals surface area contributed by atoms with Gasteiger partial charge in [-0.2, -0.15) is 0 Å². The smallest absolute Gasteiger partial charge is 0.0502 e. The first-order chi connectivity index (χ1) is 5.37. The average Bonchev–Trinajstić information content (AvgIpc) is 2.48. The Labute approximate surface area is 68.0 Å². The van der Waals surface area contributed by atoms with E-state index >= 15 is 0 Å². The van der Waals surface area contributed by atoms with E-state index in [1.807, 2.05) is 0 Å². The Balaban J connectivity index is 2.12. The summed E-state index contributed by atoms with van der Waals surface area (Å²) >= 11 is 0. The van der Waals surface area contributed by atoms with Crippen molar-refractivity contribution in [2.24, 2.45) is 11.3 Å². The third kappa shape index (κ3) is 1.09. The van der Waals surface area contributed by atoms with Crippen molar-refractivity contribution in [3.63, 3.8) is 0 Å². The Bertz CT molecular complexity index is 148. The van der Waals surface area contributed by atoms with Crippen LogP contribution in [0, 0.1) is 11.3 Å². The van der Waals surface area contributed by atoms with Crippen LogP contribution in [0.2, 0.25) is 0 Å². The van der Waals surface area contributed by atoms with Crippen LogP contribution in [0.25, 0.3) is 0 Å². The Morgan fingerprint density at radius 2 is 2.36 bits per heavy atom. The lowest BCUT2D eigenvalue weighted by Crippen LogP contribution is -2.36. The summed E-state index contributed by atoms with van der Waals surface area (Å²) < 4.78 is 0. The Morgan fingerprint density at radius 1 is 1.45 bits per heavy atom. The average molecular weight is 155 g/mol. The molecule has 0 bridgehead atoms. The molecule has 1 saturated heterocycles. The molecule has 0 aromatic rings. The van der Waals surface area contributed by atoms with Gasteiger partial charge < -0.3 is 10.4 Å². The molecule has 0 aromatic carbocycles. The van der Waals surface area contributed by atoms with E-state index in [0.29, 0.717) is 6.61 Å². The maximum atomic E-state index is 9.31. The number of fused-ring (bicyclic) bond motifs is 1. The van der Waals surface area contributed by atoms with Crippen LogP contribution in [-0.4, -0.2) is 24.8 Å². The van der Waals surface area contributed by atoms with E-state index in [0.717, 1.165) is 19.0 Å². The van der Waals surface area contributed by atoms with Crippen molar-refractivity contribution in [2.45, 2.75) is 25.7 Å². The van der Waals surface area contributed by atoms with E-state index < -0.39 is 0 Å². The fraction of sp³-hybridized carbons (Fsp3) is 1.00. The molecule has 64 valence electrons. The number of hydrogen-bond acceptors (Lipinski definition) is 2. The quantitative estimate of drug-likeness (QED) is 0.586. The topological polar surface area (TPSA) is 32.3 Å². The summed E-state index contributed by atoms with van der Waals surface area (Å²) in [4.78, 5) is 0. The van der Waals surface area contributed by atoms with Crippen molar-refractivity contribution in [1.82, 2.24) is 5.32 Å². The first-order valence-electron chi connectivity index (χ1n) is 4.69. The van der Waals surface area contributed by atoms with Crippen LogP contribution < -0.4 is 5.32 Å². The monoisotopic (exact) mass is 155 g/mol. The van der Waals surface area contributed by atoms with Gasteiger partial charge in [-0.15, -0.1) is 0 Å². The molecule has 2 rings (SSSR count). The van der Waals surface area contributed by atoms with Crippen LogP contribution in [0.3, 0.4) is 0 Å². The minimum absolute atomic E-state index is 0.276. The van der Waals surface area contributed by atoms with Crippen molar-refractivity contribution in [3.8, 4) is 0 Å². The van der Waals surface area contributed by atoms with Crippen molar-refractivity contribution >= 4 is 0 Å². The Hall–Kier alpha value is -0.0800. The predicted molar refractivity (Wildman–Crippen MR) is 44.3 cm³/mol. The van der Waals surface area contributed by atoms with Crippen LogP contribution in [0.15, 0.2) is 0 Å². The Kier molecular flexibility index (Phi) is 1.90. The van der Waals surface area contributed by atoms with Gasteiger partial charge in [0, 0.05) is 12.0 Å². The molecule has 2 atom stereocenters. The zero-order valence-corrected chi connectivity index (χ0v) is 6.97. The van der Waals surface area contributed by atoms with Crippen LogP contribution >= 0.6 is 0 Å². The third-order valence-electron chi connectivity index (χ3n) is 3.53. The van der Waals surface area contributed by atoms with Gasteiger partial charge >= 0.3 is 0 Å². The molecule has 2 aliphatic rings. The molecule has 1 aliphatic carbocycles. The maximum absolute atomic E-state index is 9.31. The van der Waals surface area contributed by atoms with Crippen molar-refractivity contribution in [1.29, 1.82) is 0 Å². The normalized spacial score (nSPS) is 43.9. The Morgan fingerprint density at radius 3 is 3.09 bits per heavy atom. The zero-order valence-electron chi connectivity index (χ0n) is 6.97. The molecule has 1 saturated carbocycles. The van der Waals surface area contributed by atoms with Gasteiger partial charge in [-0.25, -0.2) is 0 Å². The van der Waals surface area contributed by atoms with Crippen LogP contribution in [-0.2, 0) is 0 Å². The van der Waals surface area contributed by atoms with E-state index in [9.17, 15) is 5.11 Å². The lowest BCUT2D eigenvalue weighted by atomic mass is 9.69. The number of nitrogens with one attached hydrogen (secondary N) is 1. The van der Waals surface area contributed by atoms with Crippen molar-refractivity contribution in [3.05, 3.63) is 0 Å². The second-order valence-electron chi connectivity index (χ2n) is 4.09. The number of rotatable bonds is 1. The van der Waals surface area contributed by atoms with Gasteiger partial charge in [0.25, 0.3) is 0 Å². The SMILES string of the molecule is OCC12CCCCC1CNC2. The lowest BCUT2D eigenvalue weighted by molar-refractivity contribution is 0.0621. The fourth-order valence-electron chi connectivity index (χ4n) is 2.69. The lowest BCUT2D eigenvalue weighted by Gasteiger charge is -2.36. The van der Waals surface area contributed by atoms with Gasteiger partial charge in [-0.1, -0.05) is 12.8 Å². The second-order valence-corrected chi connectivity index (χ2v) is 4.09. The molecular weight excluding hydrogens is 138 g/mol. The van der Waals surface area contributed by atoms with E-state index in [2.05, 4.69) is 5.32 Å². The standard InChI is InChI=1S/C9H17NO/c11-7-9-4-2-1-3-8(9)5-10-6-9/h8,10-11H,1-7H2. The van der Waals surface area contributed by atoms with Crippen molar-refractivity contribution in [2.75, 3.05) is 19.7 Å². The number of aliphatic hydroxyl groups excluding tert-OH is 1. The van der Waals surface area contributed by atoms with E-state index in [4.69, 9.17) is 0 Å². The summed E-state index contributed by atoms with van der Waals surface area (Å²) in [5.41, 5.74) is 0.276. The van der Waals surface area contributed by atoms with Gasteiger partial charge in [0.2, 0.25) is 0 Å². The summed E-state index contributed by atoms with van der Waals surface area (Å²) in [5.74, 6) is 0.765. The highest BCUT2D eigenvalue weighted by Gasteiger charge is 2.43. The zero-order chi connectivity index (χ0) is 7.73. The molecule has 11 heavy (non-hydrogen) atoms. The molecule has 0 radical (unpaired) electrons. The van der Waals surface area contributed by atoms with Gasteiger partial charge in [0.1, 0.15) is 0 Å². The van der Waals surface area contributed by atoms with Gasteiger partial charge in [0.05, 0.1) is 6.61 Å². The summed E-state index contributed by atoms with van der Waals surface area (Å²) in [5, 5.41) is 12.7. The van der Waals surface area contributed by atoms with Gasteiger partial charge in [0.15, 0.2) is 0 Å².